The van der Waals surface area contributed by atoms with Gasteiger partial charge in [-0.1, -0.05) is 0 Å². The zero-order valence-electron chi connectivity index (χ0n) is 15.0. The molecule has 0 aliphatic carbocycles. The maximum Gasteiger partial charge on any atom is 0.145 e. The first-order chi connectivity index (χ1) is 12.5. The van der Waals surface area contributed by atoms with E-state index in [-0.39, 0.29) is 5.82 Å². The molecule has 0 unspecified atom stereocenters. The average molecular weight is 349 g/mol. The lowest BCUT2D eigenvalue weighted by Gasteiger charge is -2.14. The molecule has 5 nitrogen and oxygen atoms in total. The van der Waals surface area contributed by atoms with Crippen molar-refractivity contribution < 1.29 is 4.39 Å². The number of halogens is 1. The molecule has 0 amide bonds. The second-order valence-corrected chi connectivity index (χ2v) is 6.01. The second-order valence-electron chi connectivity index (χ2n) is 6.01. The van der Waals surface area contributed by atoms with Gasteiger partial charge < -0.3 is 4.90 Å². The second kappa shape index (κ2) is 7.31. The molecular formula is C20H20FN5. The first-order valence-corrected chi connectivity index (χ1v) is 8.12. The van der Waals surface area contributed by atoms with Crippen LogP contribution in [0, 0.1) is 12.7 Å². The monoisotopic (exact) mass is 349 g/mol. The smallest absolute Gasteiger partial charge is 0.145 e. The normalized spacial score (nSPS) is 11.1. The summed E-state index contributed by atoms with van der Waals surface area (Å²) in [6.45, 7) is 5.43. The van der Waals surface area contributed by atoms with E-state index >= 15 is 0 Å². The van der Waals surface area contributed by atoms with Gasteiger partial charge in [-0.3, -0.25) is 9.56 Å². The lowest BCUT2D eigenvalue weighted by molar-refractivity contribution is 0.627. The van der Waals surface area contributed by atoms with E-state index in [0.29, 0.717) is 0 Å². The number of aromatic nitrogens is 3. The Labute approximate surface area is 152 Å². The highest BCUT2D eigenvalue weighted by Gasteiger charge is 2.16. The van der Waals surface area contributed by atoms with Crippen molar-refractivity contribution in [2.75, 3.05) is 19.0 Å². The number of benzene rings is 1. The summed E-state index contributed by atoms with van der Waals surface area (Å²) in [5, 5.41) is 0. The molecule has 3 aromatic rings. The van der Waals surface area contributed by atoms with Crippen LogP contribution < -0.4 is 4.90 Å². The number of pyridine rings is 1. The SMILES string of the molecule is C=N/C=C\c1nc(-c2ccnc(N(C)C)c2)n(-c2ccc(F)cc2)c1C. The topological polar surface area (TPSA) is 46.3 Å². The maximum atomic E-state index is 13.4. The van der Waals surface area contributed by atoms with Crippen molar-refractivity contribution >= 4 is 18.6 Å². The third-order valence-electron chi connectivity index (χ3n) is 4.03. The predicted molar refractivity (Wildman–Crippen MR) is 104 cm³/mol. The summed E-state index contributed by atoms with van der Waals surface area (Å²) < 4.78 is 15.4. The summed E-state index contributed by atoms with van der Waals surface area (Å²) in [5.74, 6) is 1.31. The average Bonchev–Trinajstić information content (AvgIpc) is 2.97. The lowest BCUT2D eigenvalue weighted by atomic mass is 10.2. The van der Waals surface area contributed by atoms with Gasteiger partial charge in [-0.2, -0.15) is 0 Å². The summed E-state index contributed by atoms with van der Waals surface area (Å²) in [5.41, 5.74) is 3.46. The highest BCUT2D eigenvalue weighted by Crippen LogP contribution is 2.28. The Kier molecular flexibility index (Phi) is 4.93. The minimum Gasteiger partial charge on any atom is -0.363 e. The van der Waals surface area contributed by atoms with E-state index in [1.807, 2.05) is 42.6 Å². The number of rotatable bonds is 5. The van der Waals surface area contributed by atoms with Crippen molar-refractivity contribution in [1.82, 2.24) is 14.5 Å². The van der Waals surface area contributed by atoms with Gasteiger partial charge in [0, 0.05) is 43.4 Å². The van der Waals surface area contributed by atoms with Crippen LogP contribution in [0.1, 0.15) is 11.4 Å². The van der Waals surface area contributed by atoms with Gasteiger partial charge in [0.05, 0.1) is 5.69 Å². The molecule has 0 atom stereocenters. The van der Waals surface area contributed by atoms with Crippen molar-refractivity contribution in [3.05, 3.63) is 66.0 Å². The van der Waals surface area contributed by atoms with E-state index in [2.05, 4.69) is 16.7 Å². The molecule has 2 aromatic heterocycles. The molecule has 0 aliphatic rings. The Bertz CT molecular complexity index is 955. The van der Waals surface area contributed by atoms with Crippen LogP contribution in [0.3, 0.4) is 0 Å². The van der Waals surface area contributed by atoms with E-state index in [0.717, 1.165) is 34.3 Å². The molecule has 1 aromatic carbocycles. The maximum absolute atomic E-state index is 13.4. The Morgan fingerprint density at radius 3 is 2.58 bits per heavy atom. The van der Waals surface area contributed by atoms with Gasteiger partial charge in [0.25, 0.3) is 0 Å². The van der Waals surface area contributed by atoms with E-state index in [9.17, 15) is 4.39 Å². The number of anilines is 1. The minimum atomic E-state index is -0.275. The Hall–Kier alpha value is -3.28. The van der Waals surface area contributed by atoms with Crippen LogP contribution >= 0.6 is 0 Å². The lowest BCUT2D eigenvalue weighted by Crippen LogP contribution is -2.10. The quantitative estimate of drug-likeness (QED) is 0.651. The molecule has 0 radical (unpaired) electrons. The van der Waals surface area contributed by atoms with Crippen molar-refractivity contribution in [2.24, 2.45) is 4.99 Å². The van der Waals surface area contributed by atoms with E-state index in [1.54, 1.807) is 30.6 Å². The zero-order valence-corrected chi connectivity index (χ0v) is 15.0. The van der Waals surface area contributed by atoms with Crippen LogP contribution in [-0.4, -0.2) is 35.3 Å². The zero-order chi connectivity index (χ0) is 18.7. The van der Waals surface area contributed by atoms with E-state index < -0.39 is 0 Å². The number of hydrogen-bond acceptors (Lipinski definition) is 4. The van der Waals surface area contributed by atoms with Gasteiger partial charge in [0.15, 0.2) is 0 Å². The van der Waals surface area contributed by atoms with Crippen LogP contribution in [0.4, 0.5) is 10.2 Å². The molecule has 0 saturated heterocycles. The highest BCUT2D eigenvalue weighted by atomic mass is 19.1. The van der Waals surface area contributed by atoms with Gasteiger partial charge in [-0.05, 0) is 56.1 Å². The van der Waals surface area contributed by atoms with Crippen molar-refractivity contribution in [3.8, 4) is 17.1 Å². The molecule has 0 spiro atoms. The van der Waals surface area contributed by atoms with Crippen LogP contribution in [0.15, 0.2) is 53.8 Å². The van der Waals surface area contributed by atoms with E-state index in [1.165, 1.54) is 12.1 Å². The minimum absolute atomic E-state index is 0.275. The summed E-state index contributed by atoms with van der Waals surface area (Å²) in [7, 11) is 3.88. The highest BCUT2D eigenvalue weighted by molar-refractivity contribution is 5.66. The molecule has 0 bridgehead atoms. The van der Waals surface area contributed by atoms with Gasteiger partial charge >= 0.3 is 0 Å². The fraction of sp³-hybridized carbons (Fsp3) is 0.150. The molecule has 3 rings (SSSR count). The van der Waals surface area contributed by atoms with Crippen molar-refractivity contribution in [2.45, 2.75) is 6.92 Å². The van der Waals surface area contributed by atoms with Crippen molar-refractivity contribution in [3.63, 3.8) is 0 Å². The third kappa shape index (κ3) is 3.39. The molecular weight excluding hydrogens is 329 g/mol. The molecule has 0 fully saturated rings. The first kappa shape index (κ1) is 17.5. The first-order valence-electron chi connectivity index (χ1n) is 8.12. The summed E-state index contributed by atoms with van der Waals surface area (Å²) >= 11 is 0. The number of hydrogen-bond donors (Lipinski definition) is 0. The van der Waals surface area contributed by atoms with E-state index in [4.69, 9.17) is 4.98 Å². The molecule has 0 saturated carbocycles. The number of aliphatic imine (C=N–C) groups is 1. The van der Waals surface area contributed by atoms with Crippen LogP contribution in [-0.2, 0) is 0 Å². The number of imidazole rings is 1. The summed E-state index contributed by atoms with van der Waals surface area (Å²) in [4.78, 5) is 14.8. The summed E-state index contributed by atoms with van der Waals surface area (Å²) in [6, 6.07) is 10.2. The van der Waals surface area contributed by atoms with Gasteiger partial charge in [0.2, 0.25) is 0 Å². The molecule has 2 heterocycles. The van der Waals surface area contributed by atoms with Crippen LogP contribution in [0.25, 0.3) is 23.2 Å². The molecule has 6 heteroatoms. The number of nitrogens with zero attached hydrogens (tertiary/aromatic N) is 5. The van der Waals surface area contributed by atoms with Gasteiger partial charge in [-0.15, -0.1) is 0 Å². The molecule has 132 valence electrons. The Morgan fingerprint density at radius 1 is 1.19 bits per heavy atom. The van der Waals surface area contributed by atoms with Crippen LogP contribution in [0.5, 0.6) is 0 Å². The molecule has 0 N–H and O–H groups in total. The fourth-order valence-corrected chi connectivity index (χ4v) is 2.70. The van der Waals surface area contributed by atoms with Gasteiger partial charge in [-0.25, -0.2) is 14.4 Å². The van der Waals surface area contributed by atoms with Crippen molar-refractivity contribution in [1.29, 1.82) is 0 Å². The summed E-state index contributed by atoms with van der Waals surface area (Å²) in [6.07, 6.45) is 5.16. The molecule has 0 aliphatic heterocycles. The fourth-order valence-electron chi connectivity index (χ4n) is 2.70. The Balaban J connectivity index is 2.23. The van der Waals surface area contributed by atoms with Crippen LogP contribution in [0.2, 0.25) is 0 Å². The largest absolute Gasteiger partial charge is 0.363 e. The standard InChI is InChI=1S/C20H20FN5/c1-14-18(10-11-22-2)24-20(15-9-12-23-19(13-15)25(3)4)26(14)17-7-5-16(21)6-8-17/h5-13H,2H2,1,3-4H3/b11-10-. The predicted octanol–water partition coefficient (Wildman–Crippen LogP) is 4.12. The molecule has 26 heavy (non-hydrogen) atoms. The Morgan fingerprint density at radius 2 is 1.92 bits per heavy atom. The van der Waals surface area contributed by atoms with Gasteiger partial charge in [0.1, 0.15) is 17.5 Å². The third-order valence-corrected chi connectivity index (χ3v) is 4.03.